The van der Waals surface area contributed by atoms with Gasteiger partial charge in [-0.15, -0.1) is 0 Å². The molecule has 1 aliphatic rings. The van der Waals surface area contributed by atoms with Crippen molar-refractivity contribution in [3.63, 3.8) is 0 Å². The highest BCUT2D eigenvalue weighted by molar-refractivity contribution is 7.86. The number of nitrogens with zero attached hydrogens (tertiary/aromatic N) is 5. The van der Waals surface area contributed by atoms with Crippen molar-refractivity contribution in [1.82, 2.24) is 18.7 Å². The summed E-state index contributed by atoms with van der Waals surface area (Å²) in [5, 5.41) is 29.3. The Balaban J connectivity index is 0.000000507. The first-order chi connectivity index (χ1) is 19.0. The van der Waals surface area contributed by atoms with E-state index in [9.17, 15) is 42.9 Å². The van der Waals surface area contributed by atoms with Gasteiger partial charge in [-0.3, -0.25) is 13.9 Å². The van der Waals surface area contributed by atoms with Gasteiger partial charge in [-0.05, 0) is 6.07 Å². The number of aliphatic hydroxyl groups excluding tert-OH is 3. The van der Waals surface area contributed by atoms with E-state index in [1.807, 2.05) is 0 Å². The summed E-state index contributed by atoms with van der Waals surface area (Å²) in [6, 6.07) is 3.07. The molecule has 41 heavy (non-hydrogen) atoms. The van der Waals surface area contributed by atoms with Gasteiger partial charge < -0.3 is 33.9 Å². The molecule has 3 aromatic rings. The summed E-state index contributed by atoms with van der Waals surface area (Å²) in [5.74, 6) is -0.652. The van der Waals surface area contributed by atoms with E-state index in [-0.39, 0.29) is 29.9 Å². The number of esters is 1. The molecule has 0 spiro atoms. The molecule has 4 rings (SSSR count). The minimum absolute atomic E-state index is 0.0704. The molecule has 0 saturated carbocycles. The van der Waals surface area contributed by atoms with Crippen LogP contribution in [0.1, 0.15) is 16.6 Å². The van der Waals surface area contributed by atoms with Crippen LogP contribution in [0, 0.1) is 0 Å². The molecule has 3 N–H and O–H groups in total. The third kappa shape index (κ3) is 6.63. The molecule has 4 heterocycles. The summed E-state index contributed by atoms with van der Waals surface area (Å²) < 4.78 is 74.8. The largest absolute Gasteiger partial charge is 0.741 e. The number of alkyl halides is 3. The molecule has 0 unspecified atom stereocenters. The van der Waals surface area contributed by atoms with Gasteiger partial charge in [0.2, 0.25) is 0 Å². The fourth-order valence-corrected chi connectivity index (χ4v) is 3.78. The minimum Gasteiger partial charge on any atom is -0.741 e. The standard InChI is InChI=1S/C20H24N5O8.CHF3O3S/c1-22-16-13(17(29)23(2)20(22)31)25(10-21-16)6-7-32-19(30)11-4-3-5-24(8-11)18-15(28)14(27)12(9-26)33-18;2-1(3,4)8(5,6)7/h3-5,8,10,12,14-15,18,26-28H,6-7,9H2,1-2H3;(H,5,6,7)/q+1;/p-1/t12-,14-,15-,18-;/m1./s1. The summed E-state index contributed by atoms with van der Waals surface area (Å²) in [6.45, 7) is -0.395. The van der Waals surface area contributed by atoms with Crippen molar-refractivity contribution in [3.05, 3.63) is 57.3 Å². The van der Waals surface area contributed by atoms with Gasteiger partial charge in [0.25, 0.3) is 11.8 Å². The van der Waals surface area contributed by atoms with E-state index in [0.29, 0.717) is 0 Å². The van der Waals surface area contributed by atoms with Gasteiger partial charge in [-0.2, -0.15) is 17.7 Å². The molecule has 0 aliphatic carbocycles. The first-order valence-electron chi connectivity index (χ1n) is 11.4. The second kappa shape index (κ2) is 12.0. The molecule has 0 bridgehead atoms. The van der Waals surface area contributed by atoms with Crippen molar-refractivity contribution >= 4 is 27.3 Å². The van der Waals surface area contributed by atoms with E-state index >= 15 is 0 Å². The molecule has 16 nitrogen and oxygen atoms in total. The van der Waals surface area contributed by atoms with Crippen LogP contribution < -0.4 is 15.8 Å². The summed E-state index contributed by atoms with van der Waals surface area (Å²) in [7, 11) is -3.20. The van der Waals surface area contributed by atoms with E-state index in [1.54, 1.807) is 12.3 Å². The maximum Gasteiger partial charge on any atom is 0.485 e. The number of carbonyl (C=O) groups is 1. The summed E-state index contributed by atoms with van der Waals surface area (Å²) in [4.78, 5) is 41.1. The van der Waals surface area contributed by atoms with Crippen molar-refractivity contribution in [2.75, 3.05) is 13.2 Å². The van der Waals surface area contributed by atoms with E-state index in [2.05, 4.69) is 4.98 Å². The average molecular weight is 612 g/mol. The quantitative estimate of drug-likeness (QED) is 0.112. The van der Waals surface area contributed by atoms with Crippen LogP contribution >= 0.6 is 0 Å². The van der Waals surface area contributed by atoms with Gasteiger partial charge in [0.1, 0.15) is 24.4 Å². The Morgan fingerprint density at radius 1 is 1.22 bits per heavy atom. The number of rotatable bonds is 6. The lowest BCUT2D eigenvalue weighted by Crippen LogP contribution is -2.46. The second-order valence-electron chi connectivity index (χ2n) is 8.62. The molecule has 1 fully saturated rings. The highest BCUT2D eigenvalue weighted by Gasteiger charge is 2.48. The van der Waals surface area contributed by atoms with Crippen molar-refractivity contribution in [1.29, 1.82) is 0 Å². The Morgan fingerprint density at radius 3 is 2.41 bits per heavy atom. The summed E-state index contributed by atoms with van der Waals surface area (Å²) in [5.41, 5.74) is -6.01. The molecule has 20 heteroatoms. The number of ether oxygens (including phenoxy) is 2. The van der Waals surface area contributed by atoms with Crippen LogP contribution in [0.4, 0.5) is 13.2 Å². The fourth-order valence-electron chi connectivity index (χ4n) is 3.78. The molecule has 1 aliphatic heterocycles. The van der Waals surface area contributed by atoms with Crippen molar-refractivity contribution in [2.45, 2.75) is 36.6 Å². The van der Waals surface area contributed by atoms with Crippen molar-refractivity contribution in [2.24, 2.45) is 14.1 Å². The van der Waals surface area contributed by atoms with E-state index in [0.717, 1.165) is 4.57 Å². The molecule has 226 valence electrons. The predicted octanol–water partition coefficient (Wildman–Crippen LogP) is -2.76. The first-order valence-corrected chi connectivity index (χ1v) is 12.8. The average Bonchev–Trinajstić information content (AvgIpc) is 3.46. The molecule has 0 radical (unpaired) electrons. The highest BCUT2D eigenvalue weighted by Crippen LogP contribution is 2.25. The number of halogens is 3. The van der Waals surface area contributed by atoms with Crippen LogP contribution in [-0.4, -0.2) is 90.0 Å². The lowest BCUT2D eigenvalue weighted by atomic mass is 10.1. The third-order valence-corrected chi connectivity index (χ3v) is 6.50. The van der Waals surface area contributed by atoms with Gasteiger partial charge in [0.05, 0.1) is 19.5 Å². The second-order valence-corrected chi connectivity index (χ2v) is 9.99. The van der Waals surface area contributed by atoms with Crippen LogP contribution in [0.3, 0.4) is 0 Å². The number of aliphatic hydroxyl groups is 3. The number of aromatic nitrogens is 5. The maximum absolute atomic E-state index is 12.5. The van der Waals surface area contributed by atoms with E-state index in [4.69, 9.17) is 22.4 Å². The van der Waals surface area contributed by atoms with Crippen LogP contribution in [0.5, 0.6) is 0 Å². The molecule has 0 aromatic carbocycles. The Morgan fingerprint density at radius 2 is 1.85 bits per heavy atom. The number of pyridine rings is 1. The van der Waals surface area contributed by atoms with Crippen LogP contribution in [0.15, 0.2) is 40.4 Å². The SMILES string of the molecule is Cn1c(=O)c2c(ncn2CCOC(=O)c2ccc[n+]([C@@H]3O[C@H](CO)[C@@H](O)[C@H]3O)c2)n(C)c1=O.O=S(=O)([O-])C(F)(F)F. The molecule has 3 aromatic heterocycles. The summed E-state index contributed by atoms with van der Waals surface area (Å²) in [6.07, 6.45) is -0.116. The zero-order valence-corrected chi connectivity index (χ0v) is 22.0. The normalized spacial score (nSPS) is 21.0. The number of carbonyl (C=O) groups excluding carboxylic acids is 1. The molecule has 1 saturated heterocycles. The molecular weight excluding hydrogens is 587 g/mol. The monoisotopic (exact) mass is 611 g/mol. The summed E-state index contributed by atoms with van der Waals surface area (Å²) >= 11 is 0. The minimum atomic E-state index is -6.09. The third-order valence-electron chi connectivity index (χ3n) is 5.93. The van der Waals surface area contributed by atoms with Gasteiger partial charge in [0.15, 0.2) is 39.8 Å². The maximum atomic E-state index is 12.5. The van der Waals surface area contributed by atoms with E-state index in [1.165, 1.54) is 46.4 Å². The predicted molar refractivity (Wildman–Crippen MR) is 126 cm³/mol. The Labute approximate surface area is 227 Å². The van der Waals surface area contributed by atoms with Gasteiger partial charge in [-0.25, -0.2) is 23.0 Å². The van der Waals surface area contributed by atoms with Gasteiger partial charge >= 0.3 is 17.2 Å². The van der Waals surface area contributed by atoms with E-state index < -0.39 is 64.0 Å². The van der Waals surface area contributed by atoms with Crippen LogP contribution in [-0.2, 0) is 40.2 Å². The zero-order chi connectivity index (χ0) is 30.9. The lowest BCUT2D eigenvalue weighted by molar-refractivity contribution is -0.765. The molecule has 0 amide bonds. The number of aryl methyl sites for hydroxylation is 1. The number of imidazole rings is 1. The number of hydrogen-bond acceptors (Lipinski definition) is 12. The molecular formula is C21H24F3N5O11S. The number of hydrogen-bond donors (Lipinski definition) is 3. The van der Waals surface area contributed by atoms with Gasteiger partial charge in [-0.1, -0.05) is 0 Å². The Kier molecular flexibility index (Phi) is 9.35. The van der Waals surface area contributed by atoms with Gasteiger partial charge in [0, 0.05) is 20.2 Å². The zero-order valence-electron chi connectivity index (χ0n) is 21.2. The smallest absolute Gasteiger partial charge is 0.485 e. The Bertz CT molecular complexity index is 1650. The van der Waals surface area contributed by atoms with Crippen molar-refractivity contribution in [3.8, 4) is 0 Å². The molecule has 4 atom stereocenters. The first kappa shape index (κ1) is 31.8. The van der Waals surface area contributed by atoms with Crippen LogP contribution in [0.2, 0.25) is 0 Å². The highest BCUT2D eigenvalue weighted by atomic mass is 32.2. The van der Waals surface area contributed by atoms with Crippen molar-refractivity contribution < 1.29 is 60.3 Å². The topological polar surface area (TPSA) is 219 Å². The lowest BCUT2D eigenvalue weighted by Gasteiger charge is -2.11. The van der Waals surface area contributed by atoms with Crippen LogP contribution in [0.25, 0.3) is 11.2 Å². The number of fused-ring (bicyclic) bond motifs is 1. The fraction of sp³-hybridized carbons (Fsp3) is 0.476. The Hall–Kier alpha value is -3.69.